The predicted molar refractivity (Wildman–Crippen MR) is 113 cm³/mol. The number of benzene rings is 2. The fourth-order valence-corrected chi connectivity index (χ4v) is 4.15. The van der Waals surface area contributed by atoms with Crippen molar-refractivity contribution in [3.63, 3.8) is 0 Å². The van der Waals surface area contributed by atoms with Crippen LogP contribution < -0.4 is 19.8 Å². The van der Waals surface area contributed by atoms with Gasteiger partial charge < -0.3 is 14.5 Å². The SMILES string of the molecule is CCc1cc(=O)[nH]c(-c2cccc(NS(=O)(=O)c3ccc4c(c3)OCCCO4)c2)n1. The van der Waals surface area contributed by atoms with Gasteiger partial charge >= 0.3 is 0 Å². The number of nitrogens with zero attached hydrogens (tertiary/aromatic N) is 1. The normalized spacial score (nSPS) is 13.5. The summed E-state index contributed by atoms with van der Waals surface area (Å²) in [6.07, 6.45) is 1.35. The summed E-state index contributed by atoms with van der Waals surface area (Å²) in [5, 5.41) is 0. The van der Waals surface area contributed by atoms with Crippen molar-refractivity contribution in [1.82, 2.24) is 9.97 Å². The molecule has 4 rings (SSSR count). The molecule has 2 aromatic carbocycles. The minimum absolute atomic E-state index is 0.0664. The molecule has 0 fully saturated rings. The number of sulfonamides is 1. The highest BCUT2D eigenvalue weighted by atomic mass is 32.2. The molecule has 2 heterocycles. The molecule has 2 N–H and O–H groups in total. The Labute approximate surface area is 174 Å². The van der Waals surface area contributed by atoms with Crippen LogP contribution in [0.2, 0.25) is 0 Å². The third-order valence-corrected chi connectivity index (χ3v) is 5.95. The van der Waals surface area contributed by atoms with E-state index in [2.05, 4.69) is 14.7 Å². The molecule has 0 spiro atoms. The van der Waals surface area contributed by atoms with E-state index in [1.807, 2.05) is 6.92 Å². The molecular weight excluding hydrogens is 406 g/mol. The number of aromatic nitrogens is 2. The number of nitrogens with one attached hydrogen (secondary N) is 2. The molecule has 0 saturated carbocycles. The van der Waals surface area contributed by atoms with Gasteiger partial charge in [0.1, 0.15) is 5.82 Å². The van der Waals surface area contributed by atoms with Crippen LogP contribution in [-0.2, 0) is 16.4 Å². The third-order valence-electron chi connectivity index (χ3n) is 4.57. The second kappa shape index (κ2) is 8.19. The van der Waals surface area contributed by atoms with Crippen LogP contribution >= 0.6 is 0 Å². The van der Waals surface area contributed by atoms with E-state index in [4.69, 9.17) is 9.47 Å². The first-order valence-electron chi connectivity index (χ1n) is 9.58. The van der Waals surface area contributed by atoms with Gasteiger partial charge in [-0.15, -0.1) is 0 Å². The number of anilines is 1. The van der Waals surface area contributed by atoms with Crippen LogP contribution in [0, 0.1) is 0 Å². The van der Waals surface area contributed by atoms with Gasteiger partial charge in [0.25, 0.3) is 15.6 Å². The maximum Gasteiger partial charge on any atom is 0.262 e. The van der Waals surface area contributed by atoms with Crippen molar-refractivity contribution < 1.29 is 17.9 Å². The van der Waals surface area contributed by atoms with Crippen molar-refractivity contribution in [2.45, 2.75) is 24.7 Å². The number of rotatable bonds is 5. The molecule has 3 aromatic rings. The number of aryl methyl sites for hydroxylation is 1. The first-order chi connectivity index (χ1) is 14.4. The average Bonchev–Trinajstić information content (AvgIpc) is 2.98. The zero-order valence-corrected chi connectivity index (χ0v) is 17.2. The van der Waals surface area contributed by atoms with Gasteiger partial charge in [-0.2, -0.15) is 0 Å². The first-order valence-corrected chi connectivity index (χ1v) is 11.1. The molecule has 0 radical (unpaired) electrons. The number of H-pyrrole nitrogens is 1. The number of aromatic amines is 1. The molecule has 0 unspecified atom stereocenters. The lowest BCUT2D eigenvalue weighted by molar-refractivity contribution is 0.297. The van der Waals surface area contributed by atoms with E-state index < -0.39 is 10.0 Å². The van der Waals surface area contributed by atoms with E-state index >= 15 is 0 Å². The van der Waals surface area contributed by atoms with Crippen LogP contribution in [0.4, 0.5) is 5.69 Å². The monoisotopic (exact) mass is 427 g/mol. The lowest BCUT2D eigenvalue weighted by Gasteiger charge is -2.12. The van der Waals surface area contributed by atoms with E-state index in [0.29, 0.717) is 53.9 Å². The van der Waals surface area contributed by atoms with Gasteiger partial charge in [0.05, 0.1) is 18.1 Å². The Morgan fingerprint density at radius 2 is 1.87 bits per heavy atom. The highest BCUT2D eigenvalue weighted by Crippen LogP contribution is 2.32. The summed E-state index contributed by atoms with van der Waals surface area (Å²) in [7, 11) is -3.86. The van der Waals surface area contributed by atoms with Crippen molar-refractivity contribution in [2.75, 3.05) is 17.9 Å². The van der Waals surface area contributed by atoms with Gasteiger partial charge in [0, 0.05) is 35.5 Å². The van der Waals surface area contributed by atoms with Crippen LogP contribution in [0.25, 0.3) is 11.4 Å². The zero-order chi connectivity index (χ0) is 21.1. The summed E-state index contributed by atoms with van der Waals surface area (Å²) < 4.78 is 39.5. The summed E-state index contributed by atoms with van der Waals surface area (Å²) in [5.74, 6) is 1.32. The summed E-state index contributed by atoms with van der Waals surface area (Å²) >= 11 is 0. The molecule has 1 aliphatic heterocycles. The van der Waals surface area contributed by atoms with Gasteiger partial charge in [-0.1, -0.05) is 19.1 Å². The van der Waals surface area contributed by atoms with Crippen molar-refractivity contribution in [2.24, 2.45) is 0 Å². The molecule has 1 aromatic heterocycles. The van der Waals surface area contributed by atoms with Crippen molar-refractivity contribution in [1.29, 1.82) is 0 Å². The fourth-order valence-electron chi connectivity index (χ4n) is 3.08. The second-order valence-corrected chi connectivity index (χ2v) is 8.47. The quantitative estimate of drug-likeness (QED) is 0.648. The Kier molecular flexibility index (Phi) is 5.45. The molecule has 0 saturated heterocycles. The van der Waals surface area contributed by atoms with Crippen LogP contribution in [0.1, 0.15) is 19.0 Å². The lowest BCUT2D eigenvalue weighted by atomic mass is 10.2. The van der Waals surface area contributed by atoms with E-state index in [0.717, 1.165) is 6.42 Å². The molecule has 30 heavy (non-hydrogen) atoms. The molecule has 156 valence electrons. The molecule has 8 nitrogen and oxygen atoms in total. The van der Waals surface area contributed by atoms with Gasteiger partial charge in [-0.05, 0) is 30.7 Å². The van der Waals surface area contributed by atoms with Gasteiger partial charge in [-0.3, -0.25) is 9.52 Å². The summed E-state index contributed by atoms with van der Waals surface area (Å²) in [5.41, 5.74) is 1.35. The van der Waals surface area contributed by atoms with E-state index in [1.165, 1.54) is 18.2 Å². The van der Waals surface area contributed by atoms with E-state index in [9.17, 15) is 13.2 Å². The predicted octanol–water partition coefficient (Wildman–Crippen LogP) is 2.96. The minimum atomic E-state index is -3.86. The Morgan fingerprint density at radius 3 is 2.67 bits per heavy atom. The molecule has 0 aliphatic carbocycles. The standard InChI is InChI=1S/C21H21N3O5S/c1-2-15-12-20(25)23-21(22-15)14-5-3-6-16(11-14)24-30(26,27)17-7-8-18-19(13-17)29-10-4-9-28-18/h3,5-8,11-13,24H,2,4,9-10H2,1H3,(H,22,23,25). The lowest BCUT2D eigenvalue weighted by Crippen LogP contribution is -2.13. The maximum absolute atomic E-state index is 12.9. The smallest absolute Gasteiger partial charge is 0.262 e. The Morgan fingerprint density at radius 1 is 1.07 bits per heavy atom. The molecule has 9 heteroatoms. The highest BCUT2D eigenvalue weighted by molar-refractivity contribution is 7.92. The Balaban J connectivity index is 1.63. The Hall–Kier alpha value is -3.33. The molecule has 1 aliphatic rings. The van der Waals surface area contributed by atoms with Crippen LogP contribution in [0.15, 0.2) is 58.2 Å². The zero-order valence-electron chi connectivity index (χ0n) is 16.3. The van der Waals surface area contributed by atoms with Crippen molar-refractivity contribution in [3.05, 3.63) is 64.6 Å². The molecule has 0 bridgehead atoms. The summed E-state index contributed by atoms with van der Waals surface area (Å²) in [6, 6.07) is 12.7. The topological polar surface area (TPSA) is 110 Å². The number of hydrogen-bond donors (Lipinski definition) is 2. The van der Waals surface area contributed by atoms with E-state index in [1.54, 1.807) is 30.3 Å². The average molecular weight is 427 g/mol. The Bertz CT molecular complexity index is 1240. The van der Waals surface area contributed by atoms with E-state index in [-0.39, 0.29) is 10.5 Å². The first kappa shape index (κ1) is 20.0. The fraction of sp³-hybridized carbons (Fsp3) is 0.238. The second-order valence-electron chi connectivity index (χ2n) is 6.78. The van der Waals surface area contributed by atoms with Gasteiger partial charge in [0.2, 0.25) is 0 Å². The maximum atomic E-state index is 12.9. The van der Waals surface area contributed by atoms with Crippen molar-refractivity contribution in [3.8, 4) is 22.9 Å². The minimum Gasteiger partial charge on any atom is -0.490 e. The highest BCUT2D eigenvalue weighted by Gasteiger charge is 2.19. The molecule has 0 atom stereocenters. The summed E-state index contributed by atoms with van der Waals surface area (Å²) in [4.78, 5) is 19.0. The number of fused-ring (bicyclic) bond motifs is 1. The van der Waals surface area contributed by atoms with Crippen LogP contribution in [0.3, 0.4) is 0 Å². The largest absolute Gasteiger partial charge is 0.490 e. The van der Waals surface area contributed by atoms with Crippen molar-refractivity contribution >= 4 is 15.7 Å². The van der Waals surface area contributed by atoms with Crippen LogP contribution in [-0.4, -0.2) is 31.6 Å². The summed E-state index contributed by atoms with van der Waals surface area (Å²) in [6.45, 7) is 2.90. The number of ether oxygens (including phenoxy) is 2. The molecular formula is C21H21N3O5S. The number of hydrogen-bond acceptors (Lipinski definition) is 6. The van der Waals surface area contributed by atoms with Crippen LogP contribution in [0.5, 0.6) is 11.5 Å². The third kappa shape index (κ3) is 4.30. The van der Waals surface area contributed by atoms with Gasteiger partial charge in [0.15, 0.2) is 11.5 Å². The van der Waals surface area contributed by atoms with Gasteiger partial charge in [-0.25, -0.2) is 13.4 Å². The molecule has 0 amide bonds.